The van der Waals surface area contributed by atoms with Gasteiger partial charge in [0.2, 0.25) is 11.8 Å². The number of rotatable bonds is 2. The van der Waals surface area contributed by atoms with E-state index in [0.717, 1.165) is 31.6 Å². The molecule has 5 nitrogen and oxygen atoms in total. The Kier molecular flexibility index (Phi) is 3.78. The van der Waals surface area contributed by atoms with Crippen LogP contribution in [0.2, 0.25) is 0 Å². The second-order valence-corrected chi connectivity index (χ2v) is 7.73. The lowest BCUT2D eigenvalue weighted by molar-refractivity contribution is -0.131. The van der Waals surface area contributed by atoms with Gasteiger partial charge in [-0.2, -0.15) is 0 Å². The third kappa shape index (κ3) is 2.14. The van der Waals surface area contributed by atoms with Gasteiger partial charge in [-0.15, -0.1) is 0 Å². The fraction of sp³-hybridized carbons (Fsp3) is 0.600. The SMILES string of the molecule is CNC(=O)C1C2CC(=O)N3CCCc4cc(OC)ccc4C23C[C@@H]1C. The zero-order chi connectivity index (χ0) is 17.8. The van der Waals surface area contributed by atoms with Gasteiger partial charge in [0, 0.05) is 31.8 Å². The third-order valence-electron chi connectivity index (χ3n) is 6.63. The number of methoxy groups -OCH3 is 1. The first kappa shape index (κ1) is 16.4. The van der Waals surface area contributed by atoms with E-state index in [2.05, 4.69) is 29.3 Å². The van der Waals surface area contributed by atoms with Gasteiger partial charge in [-0.1, -0.05) is 13.0 Å². The molecule has 1 spiro atoms. The molecule has 1 aromatic rings. The predicted octanol–water partition coefficient (Wildman–Crippen LogP) is 2.09. The zero-order valence-electron chi connectivity index (χ0n) is 15.2. The van der Waals surface area contributed by atoms with Gasteiger partial charge in [0.1, 0.15) is 5.75 Å². The van der Waals surface area contributed by atoms with E-state index in [0.29, 0.717) is 6.42 Å². The van der Waals surface area contributed by atoms with Crippen LogP contribution < -0.4 is 10.1 Å². The molecule has 1 saturated carbocycles. The van der Waals surface area contributed by atoms with Crippen molar-refractivity contribution >= 4 is 11.8 Å². The van der Waals surface area contributed by atoms with Gasteiger partial charge in [0.15, 0.2) is 0 Å². The van der Waals surface area contributed by atoms with Crippen LogP contribution >= 0.6 is 0 Å². The van der Waals surface area contributed by atoms with Crippen molar-refractivity contribution in [1.29, 1.82) is 0 Å². The number of hydrogen-bond acceptors (Lipinski definition) is 3. The molecule has 4 atom stereocenters. The Morgan fingerprint density at radius 3 is 2.92 bits per heavy atom. The molecule has 3 unspecified atom stereocenters. The highest BCUT2D eigenvalue weighted by molar-refractivity contribution is 5.86. The van der Waals surface area contributed by atoms with E-state index >= 15 is 0 Å². The predicted molar refractivity (Wildman–Crippen MR) is 94.2 cm³/mol. The molecule has 1 saturated heterocycles. The molecule has 1 aromatic carbocycles. The second-order valence-electron chi connectivity index (χ2n) is 7.73. The minimum absolute atomic E-state index is 0.0557. The Labute approximate surface area is 148 Å². The third-order valence-corrected chi connectivity index (χ3v) is 6.63. The van der Waals surface area contributed by atoms with Crippen molar-refractivity contribution in [3.8, 4) is 5.75 Å². The second kappa shape index (κ2) is 5.75. The molecule has 25 heavy (non-hydrogen) atoms. The number of ether oxygens (including phenoxy) is 1. The van der Waals surface area contributed by atoms with Crippen LogP contribution in [0, 0.1) is 17.8 Å². The molecule has 0 aromatic heterocycles. The van der Waals surface area contributed by atoms with E-state index in [1.165, 1.54) is 11.1 Å². The van der Waals surface area contributed by atoms with Crippen molar-refractivity contribution < 1.29 is 14.3 Å². The number of hydrogen-bond donors (Lipinski definition) is 1. The maximum Gasteiger partial charge on any atom is 0.223 e. The van der Waals surface area contributed by atoms with Gasteiger partial charge in [0.05, 0.1) is 12.6 Å². The van der Waals surface area contributed by atoms with E-state index in [9.17, 15) is 9.59 Å². The average Bonchev–Trinajstić information content (AvgIpc) is 2.96. The number of carbonyl (C=O) groups excluding carboxylic acids is 2. The Morgan fingerprint density at radius 2 is 2.20 bits per heavy atom. The minimum atomic E-state index is -0.328. The van der Waals surface area contributed by atoms with E-state index in [4.69, 9.17) is 4.74 Å². The lowest BCUT2D eigenvalue weighted by Gasteiger charge is -2.39. The van der Waals surface area contributed by atoms with Crippen molar-refractivity contribution in [2.75, 3.05) is 20.7 Å². The highest BCUT2D eigenvalue weighted by Crippen LogP contribution is 2.60. The quantitative estimate of drug-likeness (QED) is 0.895. The molecule has 3 aliphatic rings. The van der Waals surface area contributed by atoms with Crippen LogP contribution in [0.5, 0.6) is 5.75 Å². The summed E-state index contributed by atoms with van der Waals surface area (Å²) >= 11 is 0. The Morgan fingerprint density at radius 1 is 1.40 bits per heavy atom. The van der Waals surface area contributed by atoms with Gasteiger partial charge in [-0.05, 0) is 48.4 Å². The monoisotopic (exact) mass is 342 g/mol. The zero-order valence-corrected chi connectivity index (χ0v) is 15.2. The van der Waals surface area contributed by atoms with Crippen molar-refractivity contribution in [2.24, 2.45) is 17.8 Å². The maximum atomic E-state index is 12.8. The van der Waals surface area contributed by atoms with Gasteiger partial charge in [-0.3, -0.25) is 9.59 Å². The first-order chi connectivity index (χ1) is 12.0. The van der Waals surface area contributed by atoms with Crippen molar-refractivity contribution in [2.45, 2.75) is 38.1 Å². The summed E-state index contributed by atoms with van der Waals surface area (Å²) in [6.07, 6.45) is 3.25. The number of nitrogens with one attached hydrogen (secondary N) is 1. The van der Waals surface area contributed by atoms with E-state index < -0.39 is 0 Å². The maximum absolute atomic E-state index is 12.8. The standard InChI is InChI=1S/C20H26N2O3/c1-12-11-20-15-7-6-14(25-3)9-13(15)5-4-8-22(20)17(23)10-16(20)18(12)19(24)21-2/h6-7,9,12,16,18H,4-5,8,10-11H2,1-3H3,(H,21,24)/t12-,16?,18?,20?/m0/s1. The minimum Gasteiger partial charge on any atom is -0.497 e. The topological polar surface area (TPSA) is 58.6 Å². The van der Waals surface area contributed by atoms with Crippen molar-refractivity contribution in [3.63, 3.8) is 0 Å². The smallest absolute Gasteiger partial charge is 0.223 e. The van der Waals surface area contributed by atoms with Crippen molar-refractivity contribution in [1.82, 2.24) is 10.2 Å². The first-order valence-corrected chi connectivity index (χ1v) is 9.22. The number of amides is 2. The molecule has 0 radical (unpaired) electrons. The molecular weight excluding hydrogens is 316 g/mol. The largest absolute Gasteiger partial charge is 0.497 e. The molecule has 134 valence electrons. The van der Waals surface area contributed by atoms with E-state index in [1.54, 1.807) is 14.2 Å². The van der Waals surface area contributed by atoms with Crippen LogP contribution in [-0.4, -0.2) is 37.4 Å². The number of benzene rings is 1. The van der Waals surface area contributed by atoms with Crippen molar-refractivity contribution in [3.05, 3.63) is 29.3 Å². The Bertz CT molecular complexity index is 732. The fourth-order valence-electron chi connectivity index (χ4n) is 5.73. The summed E-state index contributed by atoms with van der Waals surface area (Å²) in [5, 5.41) is 2.83. The summed E-state index contributed by atoms with van der Waals surface area (Å²) in [6, 6.07) is 6.25. The van der Waals surface area contributed by atoms with E-state index in [-0.39, 0.29) is 35.1 Å². The summed E-state index contributed by atoms with van der Waals surface area (Å²) in [5.74, 6) is 1.34. The lowest BCUT2D eigenvalue weighted by Crippen LogP contribution is -2.45. The van der Waals surface area contributed by atoms with Crippen LogP contribution in [-0.2, 0) is 21.5 Å². The Balaban J connectivity index is 1.89. The van der Waals surface area contributed by atoms with E-state index in [1.807, 2.05) is 6.07 Å². The summed E-state index contributed by atoms with van der Waals surface area (Å²) in [4.78, 5) is 27.5. The number of fused-ring (bicyclic) bond motifs is 1. The van der Waals surface area contributed by atoms with Crippen LogP contribution in [0.15, 0.2) is 18.2 Å². The molecule has 4 rings (SSSR count). The van der Waals surface area contributed by atoms with Gasteiger partial charge in [0.25, 0.3) is 0 Å². The van der Waals surface area contributed by atoms with Gasteiger partial charge in [-0.25, -0.2) is 0 Å². The summed E-state index contributed by atoms with van der Waals surface area (Å²) in [5.41, 5.74) is 2.18. The van der Waals surface area contributed by atoms with Gasteiger partial charge >= 0.3 is 0 Å². The molecule has 5 heteroatoms. The first-order valence-electron chi connectivity index (χ1n) is 9.22. The summed E-state index contributed by atoms with van der Waals surface area (Å²) in [7, 11) is 3.38. The van der Waals surface area contributed by atoms with Gasteiger partial charge < -0.3 is 15.0 Å². The molecular formula is C20H26N2O3. The number of nitrogens with zero attached hydrogens (tertiary/aromatic N) is 1. The van der Waals surface area contributed by atoms with Crippen LogP contribution in [0.25, 0.3) is 0 Å². The molecule has 0 bridgehead atoms. The summed E-state index contributed by atoms with van der Waals surface area (Å²) < 4.78 is 5.42. The fourth-order valence-corrected chi connectivity index (χ4v) is 5.73. The molecule has 2 heterocycles. The number of carbonyl (C=O) groups is 2. The number of aryl methyl sites for hydroxylation is 1. The molecule has 1 aliphatic carbocycles. The highest BCUT2D eigenvalue weighted by Gasteiger charge is 2.64. The average molecular weight is 342 g/mol. The van der Waals surface area contributed by atoms with Crippen LogP contribution in [0.1, 0.15) is 37.3 Å². The van der Waals surface area contributed by atoms with Crippen LogP contribution in [0.4, 0.5) is 0 Å². The normalized spacial score (nSPS) is 33.3. The molecule has 2 aliphatic heterocycles. The summed E-state index contributed by atoms with van der Waals surface area (Å²) in [6.45, 7) is 2.93. The lowest BCUT2D eigenvalue weighted by atomic mass is 9.76. The van der Waals surface area contributed by atoms with Crippen LogP contribution in [0.3, 0.4) is 0 Å². The molecule has 2 amide bonds. The molecule has 1 N–H and O–H groups in total. The highest BCUT2D eigenvalue weighted by atomic mass is 16.5. The Hall–Kier alpha value is -2.04. The molecule has 2 fully saturated rings.